The van der Waals surface area contributed by atoms with Gasteiger partial charge in [0, 0.05) is 21.9 Å². The van der Waals surface area contributed by atoms with Crippen molar-refractivity contribution in [3.63, 3.8) is 0 Å². The van der Waals surface area contributed by atoms with Crippen molar-refractivity contribution in [2.75, 3.05) is 0 Å². The molecule has 0 fully saturated rings. The summed E-state index contributed by atoms with van der Waals surface area (Å²) in [6.45, 7) is 6.32. The van der Waals surface area contributed by atoms with Gasteiger partial charge < -0.3 is 9.84 Å². The van der Waals surface area contributed by atoms with E-state index in [1.54, 1.807) is 36.5 Å². The summed E-state index contributed by atoms with van der Waals surface area (Å²) in [5.74, 6) is 1.07. The highest BCUT2D eigenvalue weighted by atomic mass is 35.5. The Morgan fingerprint density at radius 2 is 2.10 bits per heavy atom. The van der Waals surface area contributed by atoms with Crippen LogP contribution < -0.4 is 4.74 Å². The maximum Gasteiger partial charge on any atom is 0.131 e. The molecule has 20 heavy (non-hydrogen) atoms. The Labute approximate surface area is 128 Å². The number of aliphatic hydroxyl groups excluding tert-OH is 1. The Balaban J connectivity index is 2.10. The molecule has 0 saturated heterocycles. The van der Waals surface area contributed by atoms with Crippen LogP contribution in [0.25, 0.3) is 0 Å². The van der Waals surface area contributed by atoms with Crippen LogP contribution in [-0.2, 0) is 6.61 Å². The van der Waals surface area contributed by atoms with E-state index in [4.69, 9.17) is 16.3 Å². The van der Waals surface area contributed by atoms with E-state index >= 15 is 0 Å². The van der Waals surface area contributed by atoms with Crippen LogP contribution in [-0.4, -0.2) is 10.1 Å². The molecular formula is C15H18ClNO2S. The third-order valence-electron chi connectivity index (χ3n) is 2.86. The average Bonchev–Trinajstić information content (AvgIpc) is 2.86. The SMILES string of the molecule is CC(C)c1nc(COc2ccc(Cl)cc2[C@H](C)O)cs1. The predicted octanol–water partition coefficient (Wildman–Crippen LogP) is 4.55. The lowest BCUT2D eigenvalue weighted by atomic mass is 10.1. The van der Waals surface area contributed by atoms with E-state index in [0.717, 1.165) is 10.7 Å². The van der Waals surface area contributed by atoms with Crippen molar-refractivity contribution < 1.29 is 9.84 Å². The third kappa shape index (κ3) is 3.72. The second kappa shape index (κ2) is 6.57. The highest BCUT2D eigenvalue weighted by Gasteiger charge is 2.11. The molecule has 2 rings (SSSR count). The summed E-state index contributed by atoms with van der Waals surface area (Å²) in [7, 11) is 0. The molecule has 0 spiro atoms. The summed E-state index contributed by atoms with van der Waals surface area (Å²) in [4.78, 5) is 4.52. The number of aliphatic hydroxyl groups is 1. The Hall–Kier alpha value is -1.10. The highest BCUT2D eigenvalue weighted by molar-refractivity contribution is 7.09. The summed E-state index contributed by atoms with van der Waals surface area (Å²) in [5.41, 5.74) is 1.60. The van der Waals surface area contributed by atoms with Crippen molar-refractivity contribution in [2.24, 2.45) is 0 Å². The number of ether oxygens (including phenoxy) is 1. The van der Waals surface area contributed by atoms with Crippen LogP contribution in [0.3, 0.4) is 0 Å². The average molecular weight is 312 g/mol. The molecule has 5 heteroatoms. The van der Waals surface area contributed by atoms with E-state index in [0.29, 0.717) is 28.9 Å². The first kappa shape index (κ1) is 15.3. The van der Waals surface area contributed by atoms with Gasteiger partial charge >= 0.3 is 0 Å². The number of halogens is 1. The number of nitrogens with zero attached hydrogens (tertiary/aromatic N) is 1. The molecule has 1 heterocycles. The Bertz CT molecular complexity index is 581. The van der Waals surface area contributed by atoms with Crippen molar-refractivity contribution in [3.8, 4) is 5.75 Å². The monoisotopic (exact) mass is 311 g/mol. The second-order valence-corrected chi connectivity index (χ2v) is 6.30. The fourth-order valence-electron chi connectivity index (χ4n) is 1.78. The molecule has 0 bridgehead atoms. The molecule has 1 atom stereocenters. The molecule has 1 N–H and O–H groups in total. The number of benzene rings is 1. The minimum Gasteiger partial charge on any atom is -0.487 e. The van der Waals surface area contributed by atoms with Crippen LogP contribution in [0.2, 0.25) is 5.02 Å². The smallest absolute Gasteiger partial charge is 0.131 e. The lowest BCUT2D eigenvalue weighted by Crippen LogP contribution is -2.01. The van der Waals surface area contributed by atoms with Crippen LogP contribution in [0.15, 0.2) is 23.6 Å². The standard InChI is InChI=1S/C15H18ClNO2S/c1-9(2)15-17-12(8-20-15)7-19-14-5-4-11(16)6-13(14)10(3)18/h4-6,8-10,18H,7H2,1-3H3/t10-/m0/s1. The molecule has 3 nitrogen and oxygen atoms in total. The minimum absolute atomic E-state index is 0.393. The fraction of sp³-hybridized carbons (Fsp3) is 0.400. The Morgan fingerprint density at radius 1 is 1.35 bits per heavy atom. The number of hydrogen-bond acceptors (Lipinski definition) is 4. The van der Waals surface area contributed by atoms with E-state index in [9.17, 15) is 5.11 Å². The molecule has 0 aliphatic carbocycles. The first-order valence-electron chi connectivity index (χ1n) is 6.52. The summed E-state index contributed by atoms with van der Waals surface area (Å²) in [6, 6.07) is 5.26. The zero-order chi connectivity index (χ0) is 14.7. The predicted molar refractivity (Wildman–Crippen MR) is 82.6 cm³/mol. The Morgan fingerprint density at radius 3 is 2.70 bits per heavy atom. The van der Waals surface area contributed by atoms with Crippen molar-refractivity contribution in [3.05, 3.63) is 44.9 Å². The van der Waals surface area contributed by atoms with E-state index < -0.39 is 6.10 Å². The summed E-state index contributed by atoms with van der Waals surface area (Å²) in [6.07, 6.45) is -0.620. The number of aromatic nitrogens is 1. The molecule has 1 aromatic heterocycles. The second-order valence-electron chi connectivity index (χ2n) is 4.98. The van der Waals surface area contributed by atoms with Gasteiger partial charge in [-0.1, -0.05) is 25.4 Å². The lowest BCUT2D eigenvalue weighted by Gasteiger charge is -2.13. The van der Waals surface area contributed by atoms with E-state index in [-0.39, 0.29) is 0 Å². The molecule has 0 saturated carbocycles. The Kier molecular flexibility index (Phi) is 5.02. The van der Waals surface area contributed by atoms with Crippen LogP contribution >= 0.6 is 22.9 Å². The van der Waals surface area contributed by atoms with Gasteiger partial charge in [-0.15, -0.1) is 11.3 Å². The van der Waals surface area contributed by atoms with Gasteiger partial charge in [-0.05, 0) is 25.1 Å². The van der Waals surface area contributed by atoms with Gasteiger partial charge in [0.15, 0.2) is 0 Å². The molecule has 1 aromatic carbocycles. The normalized spacial score (nSPS) is 12.7. The maximum atomic E-state index is 9.75. The molecule has 0 radical (unpaired) electrons. The highest BCUT2D eigenvalue weighted by Crippen LogP contribution is 2.29. The molecule has 2 aromatic rings. The molecule has 0 unspecified atom stereocenters. The maximum absolute atomic E-state index is 9.75. The van der Waals surface area contributed by atoms with Crippen LogP contribution in [0, 0.1) is 0 Å². The quantitative estimate of drug-likeness (QED) is 0.880. The summed E-state index contributed by atoms with van der Waals surface area (Å²) >= 11 is 7.58. The van der Waals surface area contributed by atoms with Crippen molar-refractivity contribution >= 4 is 22.9 Å². The molecule has 0 aliphatic rings. The summed E-state index contributed by atoms with van der Waals surface area (Å²) < 4.78 is 5.76. The van der Waals surface area contributed by atoms with Gasteiger partial charge in [-0.25, -0.2) is 4.98 Å². The molecule has 0 amide bonds. The van der Waals surface area contributed by atoms with E-state index in [1.807, 2.05) is 5.38 Å². The minimum atomic E-state index is -0.620. The van der Waals surface area contributed by atoms with Crippen LogP contribution in [0.4, 0.5) is 0 Å². The largest absolute Gasteiger partial charge is 0.487 e. The van der Waals surface area contributed by atoms with Gasteiger partial charge in [0.2, 0.25) is 0 Å². The van der Waals surface area contributed by atoms with E-state index in [1.165, 1.54) is 0 Å². The van der Waals surface area contributed by atoms with Gasteiger partial charge in [-0.2, -0.15) is 0 Å². The summed E-state index contributed by atoms with van der Waals surface area (Å²) in [5, 5.41) is 13.5. The van der Waals surface area contributed by atoms with Gasteiger partial charge in [0.1, 0.15) is 12.4 Å². The van der Waals surface area contributed by atoms with E-state index in [2.05, 4.69) is 18.8 Å². The zero-order valence-electron chi connectivity index (χ0n) is 11.8. The lowest BCUT2D eigenvalue weighted by molar-refractivity contribution is 0.190. The molecular weight excluding hydrogens is 294 g/mol. The number of hydrogen-bond donors (Lipinski definition) is 1. The number of thiazole rings is 1. The van der Waals surface area contributed by atoms with Gasteiger partial charge in [0.25, 0.3) is 0 Å². The first-order chi connectivity index (χ1) is 9.47. The topological polar surface area (TPSA) is 42.4 Å². The third-order valence-corrected chi connectivity index (χ3v) is 4.29. The van der Waals surface area contributed by atoms with Crippen molar-refractivity contribution in [1.29, 1.82) is 0 Å². The molecule has 108 valence electrons. The van der Waals surface area contributed by atoms with Crippen molar-refractivity contribution in [1.82, 2.24) is 4.98 Å². The zero-order valence-corrected chi connectivity index (χ0v) is 13.3. The van der Waals surface area contributed by atoms with Gasteiger partial charge in [0.05, 0.1) is 16.8 Å². The fourth-order valence-corrected chi connectivity index (χ4v) is 2.78. The van der Waals surface area contributed by atoms with Crippen molar-refractivity contribution in [2.45, 2.75) is 39.4 Å². The van der Waals surface area contributed by atoms with Gasteiger partial charge in [-0.3, -0.25) is 0 Å². The number of rotatable bonds is 5. The van der Waals surface area contributed by atoms with Crippen LogP contribution in [0.1, 0.15) is 49.1 Å². The molecule has 0 aliphatic heterocycles. The van der Waals surface area contributed by atoms with Crippen LogP contribution in [0.5, 0.6) is 5.75 Å². The first-order valence-corrected chi connectivity index (χ1v) is 7.77.